The predicted octanol–water partition coefficient (Wildman–Crippen LogP) is 3.57. The molecule has 1 fully saturated rings. The first-order valence-corrected chi connectivity index (χ1v) is 5.71. The second kappa shape index (κ2) is 4.65. The molecule has 0 amide bonds. The van der Waals surface area contributed by atoms with E-state index in [1.807, 2.05) is 6.07 Å². The monoisotopic (exact) mass is 208 g/mol. The predicted molar refractivity (Wildman–Crippen MR) is 58.6 cm³/mol. The van der Waals surface area contributed by atoms with Crippen molar-refractivity contribution in [2.45, 2.75) is 32.6 Å². The quantitative estimate of drug-likeness (QED) is 0.718. The van der Waals surface area contributed by atoms with Crippen LogP contribution in [0.1, 0.15) is 31.7 Å². The average molecular weight is 208 g/mol. The minimum Gasteiger partial charge on any atom is -0.493 e. The third-order valence-corrected chi connectivity index (χ3v) is 2.72. The molecule has 1 aromatic rings. The fourth-order valence-corrected chi connectivity index (χ4v) is 1.60. The largest absolute Gasteiger partial charge is 0.493 e. The van der Waals surface area contributed by atoms with Gasteiger partial charge >= 0.3 is 0 Å². The first-order valence-electron chi connectivity index (χ1n) is 5.71. The highest BCUT2D eigenvalue weighted by Crippen LogP contribution is 2.29. The van der Waals surface area contributed by atoms with Crippen molar-refractivity contribution in [1.29, 1.82) is 0 Å². The van der Waals surface area contributed by atoms with E-state index in [1.54, 1.807) is 6.07 Å². The molecule has 0 aromatic heterocycles. The van der Waals surface area contributed by atoms with Gasteiger partial charge in [-0.25, -0.2) is 4.39 Å². The maximum atomic E-state index is 13.3. The molecule has 1 nitrogen and oxygen atoms in total. The van der Waals surface area contributed by atoms with Crippen LogP contribution in [0.5, 0.6) is 5.75 Å². The molecule has 2 heteroatoms. The fraction of sp³-hybridized carbons (Fsp3) is 0.538. The van der Waals surface area contributed by atoms with E-state index >= 15 is 0 Å². The van der Waals surface area contributed by atoms with Crippen LogP contribution in [-0.2, 0) is 6.42 Å². The standard InChI is InChI=1S/C13H17FO/c1-2-3-11-8-12(6-7-13(11)14)15-9-10-4-5-10/h6-8,10H,2-5,9H2,1H3. The third kappa shape index (κ3) is 2.95. The molecule has 0 spiro atoms. The Morgan fingerprint density at radius 1 is 1.40 bits per heavy atom. The number of aryl methyl sites for hydroxylation is 1. The lowest BCUT2D eigenvalue weighted by atomic mass is 10.1. The molecule has 0 aliphatic heterocycles. The lowest BCUT2D eigenvalue weighted by molar-refractivity contribution is 0.299. The zero-order valence-corrected chi connectivity index (χ0v) is 9.13. The number of halogens is 1. The van der Waals surface area contributed by atoms with E-state index in [2.05, 4.69) is 6.92 Å². The smallest absolute Gasteiger partial charge is 0.126 e. The van der Waals surface area contributed by atoms with Gasteiger partial charge in [-0.2, -0.15) is 0 Å². The van der Waals surface area contributed by atoms with Gasteiger partial charge in [-0.1, -0.05) is 13.3 Å². The van der Waals surface area contributed by atoms with Gasteiger partial charge in [0.15, 0.2) is 0 Å². The van der Waals surface area contributed by atoms with Crippen molar-refractivity contribution in [3.63, 3.8) is 0 Å². The van der Waals surface area contributed by atoms with Crippen molar-refractivity contribution in [2.75, 3.05) is 6.61 Å². The van der Waals surface area contributed by atoms with Crippen molar-refractivity contribution in [3.8, 4) is 5.75 Å². The zero-order chi connectivity index (χ0) is 10.7. The molecule has 1 aliphatic carbocycles. The summed E-state index contributed by atoms with van der Waals surface area (Å²) in [6.45, 7) is 2.84. The number of hydrogen-bond donors (Lipinski definition) is 0. The molecule has 0 bridgehead atoms. The molecule has 0 heterocycles. The highest BCUT2D eigenvalue weighted by atomic mass is 19.1. The Kier molecular flexibility index (Phi) is 3.24. The van der Waals surface area contributed by atoms with Crippen LogP contribution in [-0.4, -0.2) is 6.61 Å². The summed E-state index contributed by atoms with van der Waals surface area (Å²) in [4.78, 5) is 0. The molecule has 0 unspecified atom stereocenters. The Hall–Kier alpha value is -1.05. The normalized spacial score (nSPS) is 15.3. The molecule has 15 heavy (non-hydrogen) atoms. The van der Waals surface area contributed by atoms with Gasteiger partial charge in [0.2, 0.25) is 0 Å². The van der Waals surface area contributed by atoms with Crippen molar-refractivity contribution < 1.29 is 9.13 Å². The topological polar surface area (TPSA) is 9.23 Å². The van der Waals surface area contributed by atoms with Crippen LogP contribution in [0.2, 0.25) is 0 Å². The lowest BCUT2D eigenvalue weighted by Gasteiger charge is -2.07. The Morgan fingerprint density at radius 2 is 2.20 bits per heavy atom. The van der Waals surface area contributed by atoms with E-state index in [0.717, 1.165) is 36.7 Å². The minimum atomic E-state index is -0.115. The minimum absolute atomic E-state index is 0.115. The Balaban J connectivity index is 1.99. The Labute approximate surface area is 90.3 Å². The molecule has 82 valence electrons. The summed E-state index contributed by atoms with van der Waals surface area (Å²) in [6, 6.07) is 5.06. The summed E-state index contributed by atoms with van der Waals surface area (Å²) in [5, 5.41) is 0. The molecule has 1 aliphatic rings. The molecule has 1 aromatic carbocycles. The van der Waals surface area contributed by atoms with Crippen molar-refractivity contribution in [3.05, 3.63) is 29.6 Å². The van der Waals surface area contributed by atoms with Gasteiger partial charge in [-0.15, -0.1) is 0 Å². The molecule has 1 saturated carbocycles. The van der Waals surface area contributed by atoms with Crippen molar-refractivity contribution in [2.24, 2.45) is 5.92 Å². The number of rotatable bonds is 5. The fourth-order valence-electron chi connectivity index (χ4n) is 1.60. The summed E-state index contributed by atoms with van der Waals surface area (Å²) in [6.07, 6.45) is 4.31. The van der Waals surface area contributed by atoms with Gasteiger partial charge in [0.25, 0.3) is 0 Å². The van der Waals surface area contributed by atoms with Crippen LogP contribution < -0.4 is 4.74 Å². The van der Waals surface area contributed by atoms with Gasteiger partial charge in [-0.3, -0.25) is 0 Å². The number of hydrogen-bond acceptors (Lipinski definition) is 1. The van der Waals surface area contributed by atoms with E-state index in [4.69, 9.17) is 4.74 Å². The first kappa shape index (κ1) is 10.5. The lowest BCUT2D eigenvalue weighted by Crippen LogP contribution is -2.00. The van der Waals surface area contributed by atoms with Gasteiger partial charge in [-0.05, 0) is 48.9 Å². The SMILES string of the molecule is CCCc1cc(OCC2CC2)ccc1F. The summed E-state index contributed by atoms with van der Waals surface area (Å²) < 4.78 is 18.9. The van der Waals surface area contributed by atoms with Crippen LogP contribution in [0.3, 0.4) is 0 Å². The average Bonchev–Trinajstić information content (AvgIpc) is 3.03. The van der Waals surface area contributed by atoms with Gasteiger partial charge in [0, 0.05) is 0 Å². The van der Waals surface area contributed by atoms with Crippen LogP contribution in [0, 0.1) is 11.7 Å². The summed E-state index contributed by atoms with van der Waals surface area (Å²) >= 11 is 0. The second-order valence-electron chi connectivity index (χ2n) is 4.26. The molecule has 0 saturated heterocycles. The summed E-state index contributed by atoms with van der Waals surface area (Å²) in [5.74, 6) is 1.44. The number of ether oxygens (including phenoxy) is 1. The third-order valence-electron chi connectivity index (χ3n) is 2.72. The maximum Gasteiger partial charge on any atom is 0.126 e. The van der Waals surface area contributed by atoms with Gasteiger partial charge < -0.3 is 4.74 Å². The summed E-state index contributed by atoms with van der Waals surface area (Å²) in [5.41, 5.74) is 0.769. The van der Waals surface area contributed by atoms with Gasteiger partial charge in [0.05, 0.1) is 6.61 Å². The molecular formula is C13H17FO. The van der Waals surface area contributed by atoms with Crippen LogP contribution >= 0.6 is 0 Å². The Bertz CT molecular complexity index is 331. The zero-order valence-electron chi connectivity index (χ0n) is 9.13. The van der Waals surface area contributed by atoms with E-state index in [0.29, 0.717) is 0 Å². The Morgan fingerprint density at radius 3 is 2.87 bits per heavy atom. The van der Waals surface area contributed by atoms with Crippen molar-refractivity contribution >= 4 is 0 Å². The second-order valence-corrected chi connectivity index (χ2v) is 4.26. The van der Waals surface area contributed by atoms with E-state index in [9.17, 15) is 4.39 Å². The molecular weight excluding hydrogens is 191 g/mol. The van der Waals surface area contributed by atoms with Crippen LogP contribution in [0.25, 0.3) is 0 Å². The van der Waals surface area contributed by atoms with Gasteiger partial charge in [0.1, 0.15) is 11.6 Å². The van der Waals surface area contributed by atoms with E-state index < -0.39 is 0 Å². The maximum absolute atomic E-state index is 13.3. The highest BCUT2D eigenvalue weighted by Gasteiger charge is 2.21. The van der Waals surface area contributed by atoms with Crippen molar-refractivity contribution in [1.82, 2.24) is 0 Å². The van der Waals surface area contributed by atoms with Crippen LogP contribution in [0.15, 0.2) is 18.2 Å². The molecule has 0 N–H and O–H groups in total. The van der Waals surface area contributed by atoms with Crippen LogP contribution in [0.4, 0.5) is 4.39 Å². The first-order chi connectivity index (χ1) is 7.29. The van der Waals surface area contributed by atoms with E-state index in [-0.39, 0.29) is 5.82 Å². The van der Waals surface area contributed by atoms with E-state index in [1.165, 1.54) is 18.9 Å². The molecule has 2 rings (SSSR count). The molecule has 0 radical (unpaired) electrons. The highest BCUT2D eigenvalue weighted by molar-refractivity contribution is 5.30. The number of benzene rings is 1. The summed E-state index contributed by atoms with van der Waals surface area (Å²) in [7, 11) is 0. The molecule has 0 atom stereocenters.